The van der Waals surface area contributed by atoms with Crippen LogP contribution in [0.3, 0.4) is 0 Å². The summed E-state index contributed by atoms with van der Waals surface area (Å²) < 4.78 is 14.6. The number of halogens is 2. The Morgan fingerprint density at radius 2 is 1.87 bits per heavy atom. The van der Waals surface area contributed by atoms with E-state index in [-0.39, 0.29) is 17.7 Å². The molecule has 0 aliphatic heterocycles. The molecule has 3 aromatic carbocycles. The van der Waals surface area contributed by atoms with Crippen LogP contribution in [-0.4, -0.2) is 33.6 Å². The molecule has 0 aliphatic carbocycles. The van der Waals surface area contributed by atoms with Crippen molar-refractivity contribution in [2.24, 2.45) is 5.10 Å². The van der Waals surface area contributed by atoms with E-state index < -0.39 is 5.97 Å². The first-order valence-corrected chi connectivity index (χ1v) is 13.6. The van der Waals surface area contributed by atoms with Gasteiger partial charge in [0.25, 0.3) is 5.56 Å². The molecule has 0 radical (unpaired) electrons. The zero-order valence-electron chi connectivity index (χ0n) is 20.8. The van der Waals surface area contributed by atoms with E-state index in [9.17, 15) is 14.7 Å². The van der Waals surface area contributed by atoms with Gasteiger partial charge in [-0.1, -0.05) is 35.0 Å². The maximum absolute atomic E-state index is 13.3. The third kappa shape index (κ3) is 6.31. The Balaban J connectivity index is 1.67. The molecule has 0 atom stereocenters. The number of aryl methyl sites for hydroxylation is 1. The van der Waals surface area contributed by atoms with E-state index in [1.54, 1.807) is 42.6 Å². The smallest absolute Gasteiger partial charge is 0.335 e. The van der Waals surface area contributed by atoms with Crippen LogP contribution in [0.5, 0.6) is 11.5 Å². The largest absolute Gasteiger partial charge is 0.490 e. The molecule has 0 amide bonds. The Morgan fingerprint density at radius 3 is 2.61 bits per heavy atom. The lowest BCUT2D eigenvalue weighted by molar-refractivity contribution is 0.0696. The Morgan fingerprint density at radius 1 is 1.08 bits per heavy atom. The minimum absolute atomic E-state index is 0.162. The predicted molar refractivity (Wildman–Crippen MR) is 154 cm³/mol. The summed E-state index contributed by atoms with van der Waals surface area (Å²) in [5.74, 6) is 0.558. The van der Waals surface area contributed by atoms with Crippen LogP contribution in [-0.2, 0) is 13.0 Å². The molecular weight excluding hydrogens is 618 g/mol. The summed E-state index contributed by atoms with van der Waals surface area (Å²) in [6.45, 7) is 4.46. The van der Waals surface area contributed by atoms with E-state index >= 15 is 0 Å². The molecule has 0 bridgehead atoms. The third-order valence-electron chi connectivity index (χ3n) is 5.59. The number of rotatable bonds is 10. The molecule has 0 unspecified atom stereocenters. The Kier molecular flexibility index (Phi) is 8.96. The highest BCUT2D eigenvalue weighted by Gasteiger charge is 2.13. The second-order valence-corrected chi connectivity index (χ2v) is 10.1. The van der Waals surface area contributed by atoms with E-state index in [0.29, 0.717) is 56.9 Å². The van der Waals surface area contributed by atoms with Crippen molar-refractivity contribution < 1.29 is 19.4 Å². The highest BCUT2D eigenvalue weighted by atomic mass is 79.9. The van der Waals surface area contributed by atoms with Crippen molar-refractivity contribution in [3.05, 3.63) is 96.4 Å². The second-order valence-electron chi connectivity index (χ2n) is 8.35. The van der Waals surface area contributed by atoms with Gasteiger partial charge in [-0.05, 0) is 77.3 Å². The Hall–Kier alpha value is -3.50. The average Bonchev–Trinajstić information content (AvgIpc) is 2.90. The zero-order valence-corrected chi connectivity index (χ0v) is 24.0. The van der Waals surface area contributed by atoms with Gasteiger partial charge in [0.2, 0.25) is 0 Å². The molecule has 0 saturated heterocycles. The van der Waals surface area contributed by atoms with Crippen molar-refractivity contribution in [1.82, 2.24) is 9.66 Å². The number of carboxylic acid groups (broad SMARTS) is 1. The molecule has 0 fully saturated rings. The average molecular weight is 643 g/mol. The van der Waals surface area contributed by atoms with Gasteiger partial charge in [0, 0.05) is 20.9 Å². The van der Waals surface area contributed by atoms with Gasteiger partial charge < -0.3 is 14.6 Å². The fourth-order valence-corrected chi connectivity index (χ4v) is 4.59. The monoisotopic (exact) mass is 641 g/mol. The summed E-state index contributed by atoms with van der Waals surface area (Å²) in [5, 5.41) is 14.2. The SMILES string of the molecule is CCCc1nc2ccc(Br)cc2c(=O)n1N=Cc1cc(OCC)c(OCc2cccc(C(=O)O)c2)cc1Br. The number of hydrogen-bond acceptors (Lipinski definition) is 6. The molecule has 1 heterocycles. The lowest BCUT2D eigenvalue weighted by Gasteiger charge is -2.14. The van der Waals surface area contributed by atoms with Gasteiger partial charge >= 0.3 is 5.97 Å². The summed E-state index contributed by atoms with van der Waals surface area (Å²) in [4.78, 5) is 29.2. The molecule has 0 saturated carbocycles. The van der Waals surface area contributed by atoms with Crippen LogP contribution >= 0.6 is 31.9 Å². The fraction of sp³-hybridized carbons (Fsp3) is 0.214. The number of hydrogen-bond donors (Lipinski definition) is 1. The number of ether oxygens (including phenoxy) is 2. The van der Waals surface area contributed by atoms with E-state index in [1.165, 1.54) is 10.7 Å². The highest BCUT2D eigenvalue weighted by molar-refractivity contribution is 9.10. The van der Waals surface area contributed by atoms with E-state index in [1.807, 2.05) is 26.0 Å². The molecule has 1 aromatic heterocycles. The molecule has 196 valence electrons. The van der Waals surface area contributed by atoms with Crippen LogP contribution in [0.25, 0.3) is 10.9 Å². The minimum atomic E-state index is -0.997. The molecule has 1 N–H and O–H groups in total. The maximum atomic E-state index is 13.3. The summed E-state index contributed by atoms with van der Waals surface area (Å²) in [6.07, 6.45) is 2.99. The lowest BCUT2D eigenvalue weighted by Crippen LogP contribution is -2.22. The Labute approximate surface area is 236 Å². The first-order chi connectivity index (χ1) is 18.3. The highest BCUT2D eigenvalue weighted by Crippen LogP contribution is 2.34. The zero-order chi connectivity index (χ0) is 27.2. The number of fused-ring (bicyclic) bond motifs is 1. The summed E-state index contributed by atoms with van der Waals surface area (Å²) in [6, 6.07) is 15.5. The van der Waals surface area contributed by atoms with E-state index in [4.69, 9.17) is 9.47 Å². The van der Waals surface area contributed by atoms with Crippen molar-refractivity contribution >= 4 is 54.9 Å². The van der Waals surface area contributed by atoms with Gasteiger partial charge in [-0.15, -0.1) is 0 Å². The van der Waals surface area contributed by atoms with Crippen molar-refractivity contribution in [3.63, 3.8) is 0 Å². The van der Waals surface area contributed by atoms with Crippen molar-refractivity contribution in [2.45, 2.75) is 33.3 Å². The maximum Gasteiger partial charge on any atom is 0.335 e. The number of benzene rings is 3. The Bertz CT molecular complexity index is 1580. The van der Waals surface area contributed by atoms with Crippen LogP contribution in [0.2, 0.25) is 0 Å². The van der Waals surface area contributed by atoms with Gasteiger partial charge in [-0.2, -0.15) is 9.78 Å². The van der Waals surface area contributed by atoms with Gasteiger partial charge in [0.1, 0.15) is 12.4 Å². The minimum Gasteiger partial charge on any atom is -0.490 e. The van der Waals surface area contributed by atoms with E-state index in [0.717, 1.165) is 10.9 Å². The normalized spacial score (nSPS) is 11.3. The quantitative estimate of drug-likeness (QED) is 0.200. The molecule has 10 heteroatoms. The third-order valence-corrected chi connectivity index (χ3v) is 6.77. The van der Waals surface area contributed by atoms with Crippen LogP contribution in [0.15, 0.2) is 73.4 Å². The topological polar surface area (TPSA) is 103 Å². The van der Waals surface area contributed by atoms with Crippen molar-refractivity contribution in [1.29, 1.82) is 0 Å². The summed E-state index contributed by atoms with van der Waals surface area (Å²) >= 11 is 6.99. The van der Waals surface area contributed by atoms with Gasteiger partial charge in [-0.3, -0.25) is 4.79 Å². The number of aromatic nitrogens is 2. The number of nitrogens with zero attached hydrogens (tertiary/aromatic N) is 3. The predicted octanol–water partition coefficient (Wildman–Crippen LogP) is 6.43. The molecule has 8 nitrogen and oxygen atoms in total. The van der Waals surface area contributed by atoms with Crippen molar-refractivity contribution in [2.75, 3.05) is 6.61 Å². The first-order valence-electron chi connectivity index (χ1n) is 12.0. The summed E-state index contributed by atoms with van der Waals surface area (Å²) in [7, 11) is 0. The lowest BCUT2D eigenvalue weighted by atomic mass is 10.1. The summed E-state index contributed by atoms with van der Waals surface area (Å²) in [5.41, 5.74) is 1.96. The van der Waals surface area contributed by atoms with Gasteiger partial charge in [-0.25, -0.2) is 9.78 Å². The van der Waals surface area contributed by atoms with Crippen LogP contribution in [0.1, 0.15) is 47.6 Å². The molecule has 38 heavy (non-hydrogen) atoms. The number of carbonyl (C=O) groups is 1. The molecule has 0 aliphatic rings. The van der Waals surface area contributed by atoms with Gasteiger partial charge in [0.05, 0.1) is 29.3 Å². The second kappa shape index (κ2) is 12.4. The molecule has 4 aromatic rings. The van der Waals surface area contributed by atoms with Crippen molar-refractivity contribution in [3.8, 4) is 11.5 Å². The fourth-order valence-electron chi connectivity index (χ4n) is 3.81. The standard InChI is InChI=1S/C28H25Br2N3O5/c1-3-6-26-32-23-10-9-20(29)13-21(23)27(34)33(26)31-15-19-12-24(37-4-2)25(14-22(19)30)38-16-17-7-5-8-18(11-17)28(35)36/h5,7-15H,3-4,6,16H2,1-2H3,(H,35,36). The van der Waals surface area contributed by atoms with E-state index in [2.05, 4.69) is 41.9 Å². The molecule has 4 rings (SSSR count). The van der Waals surface area contributed by atoms with Crippen LogP contribution in [0, 0.1) is 0 Å². The van der Waals surface area contributed by atoms with Gasteiger partial charge in [0.15, 0.2) is 11.5 Å². The first kappa shape index (κ1) is 27.5. The molecule has 0 spiro atoms. The molecular formula is C28H25Br2N3O5. The number of aromatic carboxylic acids is 1. The van der Waals surface area contributed by atoms with Crippen LogP contribution in [0.4, 0.5) is 0 Å². The number of carboxylic acids is 1. The van der Waals surface area contributed by atoms with Crippen LogP contribution < -0.4 is 15.0 Å².